The third-order valence-corrected chi connectivity index (χ3v) is 4.17. The highest BCUT2D eigenvalue weighted by Gasteiger charge is 2.51. The third-order valence-electron chi connectivity index (χ3n) is 3.70. The summed E-state index contributed by atoms with van der Waals surface area (Å²) in [7, 11) is -4.68. The number of phosphoric acid groups is 1. The number of anilines is 1. The van der Waals surface area contributed by atoms with Crippen LogP contribution in [-0.2, 0) is 18.6 Å². The quantitative estimate of drug-likeness (QED) is 0.454. The highest BCUT2D eigenvalue weighted by Crippen LogP contribution is 2.55. The van der Waals surface area contributed by atoms with Crippen LogP contribution in [-0.4, -0.2) is 38.5 Å². The smallest absolute Gasteiger partial charge is 0.464 e. The molecule has 1 aromatic heterocycles. The van der Waals surface area contributed by atoms with Crippen molar-refractivity contribution in [3.63, 3.8) is 0 Å². The fourth-order valence-corrected chi connectivity index (χ4v) is 2.52. The van der Waals surface area contributed by atoms with Crippen LogP contribution >= 0.6 is 7.82 Å². The van der Waals surface area contributed by atoms with Crippen molar-refractivity contribution in [2.24, 2.45) is 11.3 Å². The molecular weight excluding hydrogens is 353 g/mol. The number of nitrogens with zero attached hydrogens (tertiary/aromatic N) is 2. The van der Waals surface area contributed by atoms with Gasteiger partial charge in [0.15, 0.2) is 0 Å². The Kier molecular flexibility index (Phi) is 5.48. The van der Waals surface area contributed by atoms with E-state index in [2.05, 4.69) is 9.51 Å². The highest BCUT2D eigenvalue weighted by atomic mass is 31.2. The molecule has 4 N–H and O–H groups in total. The summed E-state index contributed by atoms with van der Waals surface area (Å²) in [6, 6.07) is 1.44. The van der Waals surface area contributed by atoms with Crippen LogP contribution in [0.1, 0.15) is 20.3 Å². The number of carbonyl (C=O) groups is 1. The maximum Gasteiger partial charge on any atom is 0.469 e. The lowest BCUT2D eigenvalue weighted by Gasteiger charge is -2.17. The van der Waals surface area contributed by atoms with E-state index in [1.165, 1.54) is 23.0 Å². The molecule has 1 fully saturated rings. The molecule has 10 nitrogen and oxygen atoms in total. The molecule has 1 aromatic rings. The molecule has 1 heterocycles. The van der Waals surface area contributed by atoms with Gasteiger partial charge in [-0.1, -0.05) is 13.8 Å². The number of nitrogen functional groups attached to an aromatic ring is 1. The van der Waals surface area contributed by atoms with Crippen LogP contribution in [0, 0.1) is 11.3 Å². The van der Waals surface area contributed by atoms with E-state index in [4.69, 9.17) is 20.3 Å². The fraction of sp³-hybridized carbons (Fsp3) is 0.500. The van der Waals surface area contributed by atoms with Crippen molar-refractivity contribution in [3.05, 3.63) is 28.3 Å². The summed E-state index contributed by atoms with van der Waals surface area (Å²) < 4.78 is 21.9. The summed E-state index contributed by atoms with van der Waals surface area (Å²) in [6.45, 7) is 2.90. The van der Waals surface area contributed by atoms with E-state index in [0.29, 0.717) is 12.0 Å². The summed E-state index contributed by atoms with van der Waals surface area (Å²) in [5.41, 5.74) is 4.59. The Bertz CT molecular complexity index is 798. The van der Waals surface area contributed by atoms with E-state index in [-0.39, 0.29) is 24.9 Å². The Labute approximate surface area is 143 Å². The standard InChI is InChI=1S/C14H20N3O7P/c1-9(2)12(18)23-7-14(8-24-25(20,21)22)5-10(14)6-17-4-3-11(15)16-13(17)19/h3-4,6,9H,5,7-8H2,1-2H3,(H2,15,16,19)(H2,20,21,22). The molecule has 1 unspecified atom stereocenters. The summed E-state index contributed by atoms with van der Waals surface area (Å²) in [4.78, 5) is 44.8. The number of hydrogen-bond donors (Lipinski definition) is 3. The van der Waals surface area contributed by atoms with Crippen LogP contribution in [0.4, 0.5) is 5.82 Å². The fourth-order valence-electron chi connectivity index (χ4n) is 2.11. The van der Waals surface area contributed by atoms with Gasteiger partial charge in [0.05, 0.1) is 17.9 Å². The zero-order chi connectivity index (χ0) is 18.8. The zero-order valence-corrected chi connectivity index (χ0v) is 14.7. The van der Waals surface area contributed by atoms with Gasteiger partial charge in [-0.15, -0.1) is 0 Å². The number of carbonyl (C=O) groups excluding carboxylic acids is 1. The van der Waals surface area contributed by atoms with Gasteiger partial charge in [-0.25, -0.2) is 9.36 Å². The van der Waals surface area contributed by atoms with Gasteiger partial charge >= 0.3 is 19.5 Å². The van der Waals surface area contributed by atoms with Gasteiger partial charge in [0.25, 0.3) is 0 Å². The SMILES string of the molecule is CC(C)C(=O)OCC1(COP(=O)(O)O)CC1=Cn1ccc(N)nc1=O. The summed E-state index contributed by atoms with van der Waals surface area (Å²) >= 11 is 0. The Morgan fingerprint density at radius 3 is 2.76 bits per heavy atom. The first-order valence-corrected chi connectivity index (χ1v) is 8.98. The van der Waals surface area contributed by atoms with Crippen LogP contribution < -0.4 is 11.4 Å². The Hall–Kier alpha value is -2.00. The molecule has 0 aliphatic heterocycles. The zero-order valence-electron chi connectivity index (χ0n) is 13.8. The van der Waals surface area contributed by atoms with E-state index in [0.717, 1.165) is 0 Å². The van der Waals surface area contributed by atoms with Crippen molar-refractivity contribution in [1.29, 1.82) is 0 Å². The molecule has 1 aliphatic carbocycles. The van der Waals surface area contributed by atoms with E-state index in [9.17, 15) is 14.2 Å². The molecular formula is C14H20N3O7P. The van der Waals surface area contributed by atoms with Crippen molar-refractivity contribution in [2.45, 2.75) is 20.3 Å². The second-order valence-corrected chi connectivity index (χ2v) is 7.42. The number of rotatable bonds is 7. The molecule has 1 saturated carbocycles. The number of esters is 1. The summed E-state index contributed by atoms with van der Waals surface area (Å²) in [5.74, 6) is -0.694. The van der Waals surface area contributed by atoms with E-state index < -0.39 is 24.9 Å². The maximum atomic E-state index is 11.8. The molecule has 1 atom stereocenters. The number of nitrogens with two attached hydrogens (primary N) is 1. The lowest BCUT2D eigenvalue weighted by Crippen LogP contribution is -2.23. The van der Waals surface area contributed by atoms with Crippen molar-refractivity contribution < 1.29 is 28.4 Å². The minimum atomic E-state index is -4.68. The molecule has 138 valence electrons. The number of aromatic nitrogens is 2. The number of phosphoric ester groups is 1. The predicted octanol–water partition coefficient (Wildman–Crippen LogP) is 0.365. The lowest BCUT2D eigenvalue weighted by molar-refractivity contribution is -0.149. The van der Waals surface area contributed by atoms with E-state index >= 15 is 0 Å². The first kappa shape index (κ1) is 19.3. The predicted molar refractivity (Wildman–Crippen MR) is 88.0 cm³/mol. The van der Waals surface area contributed by atoms with Gasteiger partial charge in [0, 0.05) is 12.4 Å². The van der Waals surface area contributed by atoms with Crippen LogP contribution in [0.25, 0.3) is 6.20 Å². The van der Waals surface area contributed by atoms with Crippen LogP contribution in [0.2, 0.25) is 0 Å². The first-order valence-electron chi connectivity index (χ1n) is 7.45. The second-order valence-electron chi connectivity index (χ2n) is 6.18. The number of hydrogen-bond acceptors (Lipinski definition) is 7. The van der Waals surface area contributed by atoms with Gasteiger partial charge in [-0.05, 0) is 18.1 Å². The van der Waals surface area contributed by atoms with E-state index in [1.54, 1.807) is 13.8 Å². The maximum absolute atomic E-state index is 11.8. The molecule has 0 bridgehead atoms. The molecule has 0 aromatic carbocycles. The van der Waals surface area contributed by atoms with E-state index in [1.807, 2.05) is 0 Å². The van der Waals surface area contributed by atoms with Gasteiger partial charge < -0.3 is 20.3 Å². The average molecular weight is 373 g/mol. The van der Waals surface area contributed by atoms with Crippen molar-refractivity contribution in [2.75, 3.05) is 18.9 Å². The van der Waals surface area contributed by atoms with Crippen LogP contribution in [0.5, 0.6) is 0 Å². The summed E-state index contributed by atoms with van der Waals surface area (Å²) in [6.07, 6.45) is 3.25. The van der Waals surface area contributed by atoms with Crippen molar-refractivity contribution in [1.82, 2.24) is 9.55 Å². The normalized spacial score (nSPS) is 21.6. The lowest BCUT2D eigenvalue weighted by atomic mass is 10.1. The molecule has 0 saturated heterocycles. The van der Waals surface area contributed by atoms with Crippen molar-refractivity contribution >= 4 is 25.8 Å². The van der Waals surface area contributed by atoms with Gasteiger partial charge in [0.2, 0.25) is 0 Å². The molecule has 0 amide bonds. The van der Waals surface area contributed by atoms with Crippen LogP contribution in [0.15, 0.2) is 22.6 Å². The largest absolute Gasteiger partial charge is 0.469 e. The highest BCUT2D eigenvalue weighted by molar-refractivity contribution is 7.46. The molecule has 0 spiro atoms. The molecule has 11 heteroatoms. The number of ether oxygens (including phenoxy) is 1. The first-order chi connectivity index (χ1) is 11.5. The monoisotopic (exact) mass is 373 g/mol. The third kappa shape index (κ3) is 5.23. The van der Waals surface area contributed by atoms with Gasteiger partial charge in [-0.3, -0.25) is 13.9 Å². The topological polar surface area (TPSA) is 154 Å². The Balaban J connectivity index is 2.19. The van der Waals surface area contributed by atoms with Crippen molar-refractivity contribution in [3.8, 4) is 0 Å². The Morgan fingerprint density at radius 1 is 1.52 bits per heavy atom. The summed E-state index contributed by atoms with van der Waals surface area (Å²) in [5, 5.41) is 0. The molecule has 2 rings (SSSR count). The minimum Gasteiger partial charge on any atom is -0.464 e. The second kappa shape index (κ2) is 7.09. The molecule has 25 heavy (non-hydrogen) atoms. The average Bonchev–Trinajstić information content (AvgIpc) is 3.18. The molecule has 0 radical (unpaired) electrons. The minimum absolute atomic E-state index is 0.0809. The van der Waals surface area contributed by atoms with Gasteiger partial charge in [-0.2, -0.15) is 4.98 Å². The van der Waals surface area contributed by atoms with Crippen LogP contribution in [0.3, 0.4) is 0 Å². The molecule has 1 aliphatic rings. The Morgan fingerprint density at radius 2 is 2.20 bits per heavy atom. The van der Waals surface area contributed by atoms with Gasteiger partial charge in [0.1, 0.15) is 12.4 Å².